The molecule has 1 N–H and O–H groups in total. The maximum atomic E-state index is 8.87. The van der Waals surface area contributed by atoms with Gasteiger partial charge in [0, 0.05) is 18.8 Å². The van der Waals surface area contributed by atoms with Gasteiger partial charge in [-0.2, -0.15) is 5.26 Å². The number of hydrogen-bond donors (Lipinski definition) is 1. The SMILES string of the molecule is CC(C)NCC1CCN(Cc2ccnc(C#N)c2)CC1. The van der Waals surface area contributed by atoms with Crippen LogP contribution in [0.1, 0.15) is 37.9 Å². The Bertz CT molecular complexity index is 456. The second-order valence-electron chi connectivity index (χ2n) is 5.94. The van der Waals surface area contributed by atoms with E-state index in [4.69, 9.17) is 5.26 Å². The van der Waals surface area contributed by atoms with Gasteiger partial charge in [-0.25, -0.2) is 4.98 Å². The van der Waals surface area contributed by atoms with Gasteiger partial charge in [0.2, 0.25) is 0 Å². The second kappa shape index (κ2) is 7.37. The molecule has 1 saturated heterocycles. The molecule has 0 aliphatic carbocycles. The Kier molecular flexibility index (Phi) is 5.51. The van der Waals surface area contributed by atoms with E-state index < -0.39 is 0 Å². The lowest BCUT2D eigenvalue weighted by atomic mass is 9.96. The van der Waals surface area contributed by atoms with Gasteiger partial charge in [-0.15, -0.1) is 0 Å². The summed E-state index contributed by atoms with van der Waals surface area (Å²) in [5.74, 6) is 0.806. The van der Waals surface area contributed by atoms with Crippen molar-refractivity contribution in [2.24, 2.45) is 5.92 Å². The van der Waals surface area contributed by atoms with Gasteiger partial charge in [-0.05, 0) is 56.1 Å². The number of nitrogens with one attached hydrogen (secondary N) is 1. The molecule has 0 radical (unpaired) electrons. The first-order valence-corrected chi connectivity index (χ1v) is 7.48. The zero-order valence-corrected chi connectivity index (χ0v) is 12.5. The Morgan fingerprint density at radius 2 is 2.20 bits per heavy atom. The van der Waals surface area contributed by atoms with E-state index in [2.05, 4.69) is 35.1 Å². The van der Waals surface area contributed by atoms with Gasteiger partial charge in [0.05, 0.1) is 0 Å². The normalized spacial score (nSPS) is 17.3. The molecule has 20 heavy (non-hydrogen) atoms. The van der Waals surface area contributed by atoms with Crippen molar-refractivity contribution in [2.75, 3.05) is 19.6 Å². The molecule has 2 heterocycles. The van der Waals surface area contributed by atoms with E-state index in [1.807, 2.05) is 12.1 Å². The number of likely N-dealkylation sites (tertiary alicyclic amines) is 1. The van der Waals surface area contributed by atoms with Gasteiger partial charge in [0.15, 0.2) is 0 Å². The van der Waals surface area contributed by atoms with Crippen LogP contribution in [-0.2, 0) is 6.54 Å². The number of rotatable bonds is 5. The molecule has 1 aromatic rings. The van der Waals surface area contributed by atoms with Crippen molar-refractivity contribution in [3.05, 3.63) is 29.6 Å². The van der Waals surface area contributed by atoms with Gasteiger partial charge in [-0.1, -0.05) is 13.8 Å². The highest BCUT2D eigenvalue weighted by molar-refractivity contribution is 5.25. The lowest BCUT2D eigenvalue weighted by Crippen LogP contribution is -2.38. The molecule has 0 saturated carbocycles. The molecule has 1 fully saturated rings. The summed E-state index contributed by atoms with van der Waals surface area (Å²) in [6.45, 7) is 8.76. The van der Waals surface area contributed by atoms with Crippen LogP contribution in [0.2, 0.25) is 0 Å². The summed E-state index contributed by atoms with van der Waals surface area (Å²) in [5, 5.41) is 12.4. The van der Waals surface area contributed by atoms with E-state index in [1.54, 1.807) is 6.20 Å². The number of hydrogen-bond acceptors (Lipinski definition) is 4. The Morgan fingerprint density at radius 3 is 2.85 bits per heavy atom. The van der Waals surface area contributed by atoms with Crippen molar-refractivity contribution in [2.45, 2.75) is 39.3 Å². The molecule has 0 atom stereocenters. The molecule has 4 nitrogen and oxygen atoms in total. The first-order chi connectivity index (χ1) is 9.67. The van der Waals surface area contributed by atoms with Crippen molar-refractivity contribution in [3.8, 4) is 6.07 Å². The maximum absolute atomic E-state index is 8.87. The topological polar surface area (TPSA) is 52.0 Å². The van der Waals surface area contributed by atoms with Crippen LogP contribution < -0.4 is 5.32 Å². The average molecular weight is 272 g/mol. The summed E-state index contributed by atoms with van der Waals surface area (Å²) in [6, 6.07) is 6.58. The lowest BCUT2D eigenvalue weighted by molar-refractivity contribution is 0.174. The average Bonchev–Trinajstić information content (AvgIpc) is 2.47. The predicted molar refractivity (Wildman–Crippen MR) is 80.1 cm³/mol. The minimum Gasteiger partial charge on any atom is -0.314 e. The Hall–Kier alpha value is -1.44. The lowest BCUT2D eigenvalue weighted by Gasteiger charge is -2.32. The van der Waals surface area contributed by atoms with Crippen molar-refractivity contribution >= 4 is 0 Å². The van der Waals surface area contributed by atoms with Crippen LogP contribution in [-0.4, -0.2) is 35.6 Å². The zero-order valence-electron chi connectivity index (χ0n) is 12.5. The fraction of sp³-hybridized carbons (Fsp3) is 0.625. The van der Waals surface area contributed by atoms with E-state index >= 15 is 0 Å². The van der Waals surface area contributed by atoms with E-state index in [0.29, 0.717) is 11.7 Å². The number of nitriles is 1. The first kappa shape index (κ1) is 15.0. The van der Waals surface area contributed by atoms with Gasteiger partial charge in [0.1, 0.15) is 11.8 Å². The Morgan fingerprint density at radius 1 is 1.45 bits per heavy atom. The zero-order chi connectivity index (χ0) is 14.4. The van der Waals surface area contributed by atoms with Crippen molar-refractivity contribution < 1.29 is 0 Å². The molecule has 0 spiro atoms. The summed E-state index contributed by atoms with van der Waals surface area (Å²) >= 11 is 0. The quantitative estimate of drug-likeness (QED) is 0.892. The molecule has 2 rings (SSSR count). The minimum absolute atomic E-state index is 0.513. The minimum atomic E-state index is 0.513. The highest BCUT2D eigenvalue weighted by Gasteiger charge is 2.19. The smallest absolute Gasteiger partial charge is 0.140 e. The first-order valence-electron chi connectivity index (χ1n) is 7.48. The molecular formula is C16H24N4. The van der Waals surface area contributed by atoms with Crippen molar-refractivity contribution in [3.63, 3.8) is 0 Å². The fourth-order valence-electron chi connectivity index (χ4n) is 2.64. The van der Waals surface area contributed by atoms with E-state index in [-0.39, 0.29) is 0 Å². The molecule has 0 bridgehead atoms. The van der Waals surface area contributed by atoms with Crippen LogP contribution in [0.5, 0.6) is 0 Å². The van der Waals surface area contributed by atoms with Gasteiger partial charge in [-0.3, -0.25) is 4.90 Å². The van der Waals surface area contributed by atoms with E-state index in [1.165, 1.54) is 18.4 Å². The molecule has 0 aromatic carbocycles. The van der Waals surface area contributed by atoms with Crippen LogP contribution in [0.4, 0.5) is 0 Å². The van der Waals surface area contributed by atoms with Gasteiger partial charge < -0.3 is 5.32 Å². The molecule has 1 aliphatic rings. The number of aromatic nitrogens is 1. The standard InChI is InChI=1S/C16H24N4/c1-13(2)19-11-14-4-7-20(8-5-14)12-15-3-6-18-16(9-15)10-17/h3,6,9,13-14,19H,4-5,7-8,11-12H2,1-2H3. The Balaban J connectivity index is 1.78. The molecule has 0 unspecified atom stereocenters. The third-order valence-electron chi connectivity index (χ3n) is 3.87. The monoisotopic (exact) mass is 272 g/mol. The predicted octanol–water partition coefficient (Wildman–Crippen LogP) is 2.16. The molecule has 1 aromatic heterocycles. The fourth-order valence-corrected chi connectivity index (χ4v) is 2.64. The van der Waals surface area contributed by atoms with E-state index in [0.717, 1.165) is 32.1 Å². The third kappa shape index (κ3) is 4.59. The van der Waals surface area contributed by atoms with Crippen LogP contribution in [0.3, 0.4) is 0 Å². The maximum Gasteiger partial charge on any atom is 0.140 e. The highest BCUT2D eigenvalue weighted by Crippen LogP contribution is 2.18. The molecule has 1 aliphatic heterocycles. The van der Waals surface area contributed by atoms with Crippen molar-refractivity contribution in [1.29, 1.82) is 5.26 Å². The number of pyridine rings is 1. The van der Waals surface area contributed by atoms with E-state index in [9.17, 15) is 0 Å². The molecule has 108 valence electrons. The second-order valence-corrected chi connectivity index (χ2v) is 5.94. The van der Waals surface area contributed by atoms with Gasteiger partial charge >= 0.3 is 0 Å². The van der Waals surface area contributed by atoms with Crippen molar-refractivity contribution in [1.82, 2.24) is 15.2 Å². The molecule has 0 amide bonds. The van der Waals surface area contributed by atoms with Crippen LogP contribution in [0.15, 0.2) is 18.3 Å². The largest absolute Gasteiger partial charge is 0.314 e. The molecule has 4 heteroatoms. The van der Waals surface area contributed by atoms with Crippen LogP contribution in [0, 0.1) is 17.2 Å². The summed E-state index contributed by atoms with van der Waals surface area (Å²) in [5.41, 5.74) is 1.70. The third-order valence-corrected chi connectivity index (χ3v) is 3.87. The van der Waals surface area contributed by atoms with Crippen LogP contribution >= 0.6 is 0 Å². The summed E-state index contributed by atoms with van der Waals surface area (Å²) < 4.78 is 0. The summed E-state index contributed by atoms with van der Waals surface area (Å²) in [7, 11) is 0. The van der Waals surface area contributed by atoms with Crippen LogP contribution in [0.25, 0.3) is 0 Å². The summed E-state index contributed by atoms with van der Waals surface area (Å²) in [4.78, 5) is 6.49. The molecular weight excluding hydrogens is 248 g/mol. The summed E-state index contributed by atoms with van der Waals surface area (Å²) in [6.07, 6.45) is 4.25. The highest BCUT2D eigenvalue weighted by atomic mass is 15.1. The number of piperidine rings is 1. The Labute approximate surface area is 121 Å². The van der Waals surface area contributed by atoms with Gasteiger partial charge in [0.25, 0.3) is 0 Å². The number of nitrogens with zero attached hydrogens (tertiary/aromatic N) is 3.